The number of para-hydroxylation sites is 1. The lowest BCUT2D eigenvalue weighted by molar-refractivity contribution is -0.0502. The summed E-state index contributed by atoms with van der Waals surface area (Å²) in [6.07, 6.45) is 1.68. The molecule has 132 valence electrons. The van der Waals surface area contributed by atoms with E-state index in [-0.39, 0.29) is 17.2 Å². The van der Waals surface area contributed by atoms with Gasteiger partial charge in [-0.05, 0) is 30.7 Å². The van der Waals surface area contributed by atoms with Crippen molar-refractivity contribution in [2.45, 2.75) is 13.5 Å². The van der Waals surface area contributed by atoms with Crippen LogP contribution in [0.4, 0.5) is 14.6 Å². The van der Waals surface area contributed by atoms with Crippen LogP contribution >= 0.6 is 0 Å². The number of aromatic nitrogens is 2. The van der Waals surface area contributed by atoms with Crippen LogP contribution in [0.1, 0.15) is 15.9 Å². The third-order valence-electron chi connectivity index (χ3n) is 4.00. The highest BCUT2D eigenvalue weighted by molar-refractivity contribution is 5.97. The van der Waals surface area contributed by atoms with Crippen molar-refractivity contribution in [2.75, 3.05) is 31.1 Å². The van der Waals surface area contributed by atoms with Crippen LogP contribution in [0.2, 0.25) is 0 Å². The number of carbonyl (C=O) groups is 1. The largest absolute Gasteiger partial charge is 0.434 e. The van der Waals surface area contributed by atoms with E-state index < -0.39 is 6.61 Å². The van der Waals surface area contributed by atoms with Gasteiger partial charge in [0.15, 0.2) is 5.82 Å². The molecule has 25 heavy (non-hydrogen) atoms. The maximum Gasteiger partial charge on any atom is 0.387 e. The van der Waals surface area contributed by atoms with Crippen LogP contribution in [0.5, 0.6) is 5.75 Å². The fourth-order valence-corrected chi connectivity index (χ4v) is 2.75. The number of rotatable bonds is 4. The molecule has 0 atom stereocenters. The van der Waals surface area contributed by atoms with Gasteiger partial charge < -0.3 is 14.5 Å². The summed E-state index contributed by atoms with van der Waals surface area (Å²) in [5.41, 5.74) is 1.16. The van der Waals surface area contributed by atoms with E-state index >= 15 is 0 Å². The standard InChI is InChI=1S/C17H18F2N4O2/c1-12-10-15(21-20-11-12)22-6-8-23(9-7-22)16(24)13-4-2-3-5-14(13)25-17(18)19/h2-5,10-11,17H,6-9H2,1H3. The molecule has 1 fully saturated rings. The molecule has 0 radical (unpaired) electrons. The molecule has 0 spiro atoms. The summed E-state index contributed by atoms with van der Waals surface area (Å²) < 4.78 is 29.5. The first-order valence-corrected chi connectivity index (χ1v) is 7.92. The summed E-state index contributed by atoms with van der Waals surface area (Å²) in [5.74, 6) is 0.356. The van der Waals surface area contributed by atoms with Gasteiger partial charge in [-0.2, -0.15) is 13.9 Å². The Morgan fingerprint density at radius 2 is 1.92 bits per heavy atom. The summed E-state index contributed by atoms with van der Waals surface area (Å²) in [6.45, 7) is 1.11. The number of anilines is 1. The molecule has 0 unspecified atom stereocenters. The molecular weight excluding hydrogens is 330 g/mol. The number of hydrogen-bond acceptors (Lipinski definition) is 5. The van der Waals surface area contributed by atoms with Gasteiger partial charge in [-0.25, -0.2) is 0 Å². The molecule has 8 heteroatoms. The van der Waals surface area contributed by atoms with Gasteiger partial charge in [0, 0.05) is 26.2 Å². The van der Waals surface area contributed by atoms with Crippen LogP contribution in [0.3, 0.4) is 0 Å². The van der Waals surface area contributed by atoms with Crippen molar-refractivity contribution in [3.8, 4) is 5.75 Å². The van der Waals surface area contributed by atoms with E-state index in [2.05, 4.69) is 14.9 Å². The molecule has 2 aromatic rings. The average molecular weight is 348 g/mol. The minimum absolute atomic E-state index is 0.102. The molecule has 0 bridgehead atoms. The number of nitrogens with zero attached hydrogens (tertiary/aromatic N) is 4. The van der Waals surface area contributed by atoms with Crippen LogP contribution in [-0.4, -0.2) is 53.8 Å². The van der Waals surface area contributed by atoms with Crippen LogP contribution in [0.25, 0.3) is 0 Å². The number of amides is 1. The van der Waals surface area contributed by atoms with Gasteiger partial charge in [-0.3, -0.25) is 4.79 Å². The third kappa shape index (κ3) is 4.01. The maximum absolute atomic E-state index is 12.7. The number of carbonyl (C=O) groups excluding carboxylic acids is 1. The van der Waals surface area contributed by atoms with Crippen molar-refractivity contribution in [1.82, 2.24) is 15.1 Å². The number of piperazine rings is 1. The lowest BCUT2D eigenvalue weighted by atomic mass is 10.1. The highest BCUT2D eigenvalue weighted by Crippen LogP contribution is 2.23. The molecule has 1 aliphatic heterocycles. The van der Waals surface area contributed by atoms with Crippen molar-refractivity contribution < 1.29 is 18.3 Å². The molecule has 1 aromatic carbocycles. The Labute approximate surface area is 144 Å². The third-order valence-corrected chi connectivity index (χ3v) is 4.00. The van der Waals surface area contributed by atoms with Crippen molar-refractivity contribution >= 4 is 11.7 Å². The van der Waals surface area contributed by atoms with Gasteiger partial charge in [0.1, 0.15) is 5.75 Å². The fourth-order valence-electron chi connectivity index (χ4n) is 2.75. The molecule has 1 aromatic heterocycles. The Balaban J connectivity index is 1.68. The van der Waals surface area contributed by atoms with E-state index in [1.807, 2.05) is 17.9 Å². The van der Waals surface area contributed by atoms with Gasteiger partial charge >= 0.3 is 6.61 Å². The molecule has 0 N–H and O–H groups in total. The minimum atomic E-state index is -2.97. The molecule has 1 saturated heterocycles. The summed E-state index contributed by atoms with van der Waals surface area (Å²) in [4.78, 5) is 16.3. The van der Waals surface area contributed by atoms with E-state index in [4.69, 9.17) is 0 Å². The van der Waals surface area contributed by atoms with E-state index in [0.717, 1.165) is 11.4 Å². The highest BCUT2D eigenvalue weighted by atomic mass is 19.3. The fraction of sp³-hybridized carbons (Fsp3) is 0.353. The second-order valence-electron chi connectivity index (χ2n) is 5.75. The summed E-state index contributed by atoms with van der Waals surface area (Å²) in [5, 5.41) is 8.05. The Bertz CT molecular complexity index is 749. The number of benzene rings is 1. The number of alkyl halides is 2. The van der Waals surface area contributed by atoms with Gasteiger partial charge in [0.05, 0.1) is 11.8 Å². The van der Waals surface area contributed by atoms with Crippen molar-refractivity contribution in [3.05, 3.63) is 47.7 Å². The topological polar surface area (TPSA) is 58.6 Å². The number of ether oxygens (including phenoxy) is 1. The first-order chi connectivity index (χ1) is 12.0. The van der Waals surface area contributed by atoms with Crippen LogP contribution in [0, 0.1) is 6.92 Å². The van der Waals surface area contributed by atoms with E-state index in [1.54, 1.807) is 23.2 Å². The SMILES string of the molecule is Cc1cnnc(N2CCN(C(=O)c3ccccc3OC(F)F)CC2)c1. The number of aryl methyl sites for hydroxylation is 1. The quantitative estimate of drug-likeness (QED) is 0.849. The Morgan fingerprint density at radius 3 is 2.60 bits per heavy atom. The average Bonchev–Trinajstić information content (AvgIpc) is 2.61. The Kier molecular flexibility index (Phi) is 5.06. The minimum Gasteiger partial charge on any atom is -0.434 e. The van der Waals surface area contributed by atoms with Crippen LogP contribution in [-0.2, 0) is 0 Å². The number of hydrogen-bond donors (Lipinski definition) is 0. The number of halogens is 2. The summed E-state index contributed by atoms with van der Waals surface area (Å²) in [7, 11) is 0. The summed E-state index contributed by atoms with van der Waals surface area (Å²) in [6, 6.07) is 8.00. The predicted molar refractivity (Wildman–Crippen MR) is 88.0 cm³/mol. The first kappa shape index (κ1) is 17.1. The van der Waals surface area contributed by atoms with Gasteiger partial charge in [0.2, 0.25) is 0 Å². The second kappa shape index (κ2) is 7.42. The van der Waals surface area contributed by atoms with Crippen molar-refractivity contribution in [3.63, 3.8) is 0 Å². The van der Waals surface area contributed by atoms with Crippen molar-refractivity contribution in [1.29, 1.82) is 0 Å². The van der Waals surface area contributed by atoms with E-state index in [1.165, 1.54) is 12.1 Å². The molecule has 0 saturated carbocycles. The zero-order chi connectivity index (χ0) is 17.8. The van der Waals surface area contributed by atoms with Gasteiger partial charge in [-0.1, -0.05) is 12.1 Å². The summed E-state index contributed by atoms with van der Waals surface area (Å²) >= 11 is 0. The van der Waals surface area contributed by atoms with E-state index in [9.17, 15) is 13.6 Å². The van der Waals surface area contributed by atoms with Crippen LogP contribution in [0.15, 0.2) is 36.5 Å². The molecule has 1 amide bonds. The highest BCUT2D eigenvalue weighted by Gasteiger charge is 2.25. The molecule has 0 aliphatic carbocycles. The van der Waals surface area contributed by atoms with E-state index in [0.29, 0.717) is 26.2 Å². The van der Waals surface area contributed by atoms with Gasteiger partial charge in [0.25, 0.3) is 5.91 Å². The molecule has 6 nitrogen and oxygen atoms in total. The Morgan fingerprint density at radius 1 is 1.20 bits per heavy atom. The zero-order valence-electron chi connectivity index (χ0n) is 13.7. The normalized spacial score (nSPS) is 14.7. The molecule has 2 heterocycles. The molecule has 1 aliphatic rings. The lowest BCUT2D eigenvalue weighted by Crippen LogP contribution is -2.49. The predicted octanol–water partition coefficient (Wildman–Crippen LogP) is 2.35. The van der Waals surface area contributed by atoms with Crippen molar-refractivity contribution in [2.24, 2.45) is 0 Å². The smallest absolute Gasteiger partial charge is 0.387 e. The zero-order valence-corrected chi connectivity index (χ0v) is 13.7. The maximum atomic E-state index is 12.7. The van der Waals surface area contributed by atoms with Crippen LogP contribution < -0.4 is 9.64 Å². The molecule has 3 rings (SSSR count). The lowest BCUT2D eigenvalue weighted by Gasteiger charge is -2.35. The monoisotopic (exact) mass is 348 g/mol. The first-order valence-electron chi connectivity index (χ1n) is 7.92. The second-order valence-corrected chi connectivity index (χ2v) is 5.75. The van der Waals surface area contributed by atoms with Gasteiger partial charge in [-0.15, -0.1) is 5.10 Å². The Hall–Kier alpha value is -2.77. The molecular formula is C17H18F2N4O2.